The number of likely N-dealkylation sites (tertiary alicyclic amines) is 1. The van der Waals surface area contributed by atoms with Gasteiger partial charge in [0.2, 0.25) is 5.91 Å². The Bertz CT molecular complexity index is 402. The Morgan fingerprint density at radius 1 is 1.47 bits per heavy atom. The molecule has 5 heteroatoms. The Labute approximate surface area is 114 Å². The van der Waals surface area contributed by atoms with Gasteiger partial charge in [0.25, 0.3) is 0 Å². The lowest BCUT2D eigenvalue weighted by atomic mass is 10.0. The minimum absolute atomic E-state index is 0.0847. The lowest BCUT2D eigenvalue weighted by Gasteiger charge is -2.37. The number of aromatic nitrogens is 1. The van der Waals surface area contributed by atoms with E-state index in [0.717, 1.165) is 31.7 Å². The van der Waals surface area contributed by atoms with E-state index in [0.29, 0.717) is 6.04 Å². The predicted molar refractivity (Wildman–Crippen MR) is 74.1 cm³/mol. The highest BCUT2D eigenvalue weighted by atomic mass is 16.5. The first kappa shape index (κ1) is 13.8. The fourth-order valence-electron chi connectivity index (χ4n) is 2.47. The van der Waals surface area contributed by atoms with Crippen molar-refractivity contribution in [1.29, 1.82) is 0 Å². The van der Waals surface area contributed by atoms with E-state index in [-0.39, 0.29) is 12.5 Å². The molecule has 0 N–H and O–H groups in total. The molecule has 1 fully saturated rings. The van der Waals surface area contributed by atoms with E-state index in [9.17, 15) is 4.79 Å². The molecule has 0 spiro atoms. The lowest BCUT2D eigenvalue weighted by molar-refractivity contribution is -0.136. The van der Waals surface area contributed by atoms with Crippen LogP contribution in [0.3, 0.4) is 0 Å². The largest absolute Gasteiger partial charge is 0.375 e. The van der Waals surface area contributed by atoms with Crippen LogP contribution in [0.1, 0.15) is 12.8 Å². The van der Waals surface area contributed by atoms with Crippen LogP contribution in [0.2, 0.25) is 0 Å². The second-order valence-corrected chi connectivity index (χ2v) is 4.84. The molecule has 0 bridgehead atoms. The molecule has 5 nitrogen and oxygen atoms in total. The van der Waals surface area contributed by atoms with E-state index in [4.69, 9.17) is 4.74 Å². The average molecular weight is 263 g/mol. The van der Waals surface area contributed by atoms with Crippen LogP contribution >= 0.6 is 0 Å². The van der Waals surface area contributed by atoms with E-state index in [1.54, 1.807) is 7.11 Å². The number of nitrogens with zero attached hydrogens (tertiary/aromatic N) is 3. The summed E-state index contributed by atoms with van der Waals surface area (Å²) < 4.78 is 4.89. The van der Waals surface area contributed by atoms with E-state index in [1.807, 2.05) is 29.3 Å². The van der Waals surface area contributed by atoms with Crippen molar-refractivity contribution in [2.24, 2.45) is 0 Å². The summed E-state index contributed by atoms with van der Waals surface area (Å²) in [6.45, 7) is 1.77. The van der Waals surface area contributed by atoms with Gasteiger partial charge in [-0.25, -0.2) is 4.98 Å². The zero-order chi connectivity index (χ0) is 13.7. The monoisotopic (exact) mass is 263 g/mol. The Hall–Kier alpha value is -1.62. The maximum absolute atomic E-state index is 11.7. The van der Waals surface area contributed by atoms with Crippen LogP contribution in [0.15, 0.2) is 24.4 Å². The highest BCUT2D eigenvalue weighted by Crippen LogP contribution is 2.20. The first-order valence-electron chi connectivity index (χ1n) is 6.63. The number of carbonyl (C=O) groups excluding carboxylic acids is 1. The summed E-state index contributed by atoms with van der Waals surface area (Å²) in [7, 11) is 3.62. The molecule has 0 aliphatic carbocycles. The van der Waals surface area contributed by atoms with Crippen LogP contribution in [0.5, 0.6) is 0 Å². The van der Waals surface area contributed by atoms with E-state index in [1.165, 1.54) is 0 Å². The molecule has 1 aromatic heterocycles. The summed E-state index contributed by atoms with van der Waals surface area (Å²) in [5.41, 5.74) is 0. The van der Waals surface area contributed by atoms with Gasteiger partial charge in [0.15, 0.2) is 0 Å². The van der Waals surface area contributed by atoms with Crippen LogP contribution in [-0.4, -0.2) is 55.7 Å². The minimum atomic E-state index is 0.0847. The van der Waals surface area contributed by atoms with Crippen molar-refractivity contribution in [1.82, 2.24) is 9.88 Å². The summed E-state index contributed by atoms with van der Waals surface area (Å²) in [5.74, 6) is 1.07. The SMILES string of the molecule is COCC(=O)N1CCC(N(C)c2ccccn2)CC1. The number of anilines is 1. The summed E-state index contributed by atoms with van der Waals surface area (Å²) in [4.78, 5) is 20.2. The van der Waals surface area contributed by atoms with E-state index < -0.39 is 0 Å². The number of amides is 1. The molecule has 0 radical (unpaired) electrons. The quantitative estimate of drug-likeness (QED) is 0.817. The van der Waals surface area contributed by atoms with Crippen LogP contribution in [-0.2, 0) is 9.53 Å². The number of piperidine rings is 1. The van der Waals surface area contributed by atoms with Gasteiger partial charge in [-0.05, 0) is 25.0 Å². The van der Waals surface area contributed by atoms with Crippen molar-refractivity contribution in [3.8, 4) is 0 Å². The van der Waals surface area contributed by atoms with Crippen molar-refractivity contribution in [2.75, 3.05) is 38.8 Å². The van der Waals surface area contributed by atoms with Gasteiger partial charge in [-0.3, -0.25) is 4.79 Å². The van der Waals surface area contributed by atoms with E-state index in [2.05, 4.69) is 16.9 Å². The Morgan fingerprint density at radius 3 is 2.79 bits per heavy atom. The molecule has 0 aromatic carbocycles. The van der Waals surface area contributed by atoms with Gasteiger partial charge in [-0.2, -0.15) is 0 Å². The zero-order valence-corrected chi connectivity index (χ0v) is 11.6. The third-order valence-electron chi connectivity index (χ3n) is 3.64. The molecule has 0 atom stereocenters. The molecule has 1 amide bonds. The first-order chi connectivity index (χ1) is 9.22. The molecule has 0 unspecified atom stereocenters. The maximum Gasteiger partial charge on any atom is 0.248 e. The molecular weight excluding hydrogens is 242 g/mol. The van der Waals surface area contributed by atoms with Gasteiger partial charge in [0.1, 0.15) is 12.4 Å². The Morgan fingerprint density at radius 2 is 2.21 bits per heavy atom. The fraction of sp³-hybridized carbons (Fsp3) is 0.571. The molecule has 19 heavy (non-hydrogen) atoms. The van der Waals surface area contributed by atoms with Crippen molar-refractivity contribution in [3.63, 3.8) is 0 Å². The number of pyridine rings is 1. The maximum atomic E-state index is 11.7. The molecule has 2 heterocycles. The molecule has 1 aliphatic heterocycles. The lowest BCUT2D eigenvalue weighted by Crippen LogP contribution is -2.46. The van der Waals surface area contributed by atoms with Gasteiger partial charge >= 0.3 is 0 Å². The van der Waals surface area contributed by atoms with Gasteiger partial charge in [0.05, 0.1) is 0 Å². The van der Waals surface area contributed by atoms with Gasteiger partial charge in [-0.15, -0.1) is 0 Å². The first-order valence-corrected chi connectivity index (χ1v) is 6.63. The second kappa shape index (κ2) is 6.52. The fourth-order valence-corrected chi connectivity index (χ4v) is 2.47. The number of methoxy groups -OCH3 is 1. The zero-order valence-electron chi connectivity index (χ0n) is 11.6. The normalized spacial score (nSPS) is 16.4. The summed E-state index contributed by atoms with van der Waals surface area (Å²) in [6, 6.07) is 6.38. The number of hydrogen-bond acceptors (Lipinski definition) is 4. The Balaban J connectivity index is 1.88. The number of ether oxygens (including phenoxy) is 1. The van der Waals surface area contributed by atoms with E-state index >= 15 is 0 Å². The summed E-state index contributed by atoms with van der Waals surface area (Å²) in [6.07, 6.45) is 3.76. The van der Waals surface area contributed by atoms with Gasteiger partial charge < -0.3 is 14.5 Å². The second-order valence-electron chi connectivity index (χ2n) is 4.84. The average Bonchev–Trinajstić information content (AvgIpc) is 2.48. The summed E-state index contributed by atoms with van der Waals surface area (Å²) in [5, 5.41) is 0. The highest BCUT2D eigenvalue weighted by Gasteiger charge is 2.25. The molecule has 0 saturated carbocycles. The van der Waals surface area contributed by atoms with Gasteiger partial charge in [0, 0.05) is 39.5 Å². The summed E-state index contributed by atoms with van der Waals surface area (Å²) >= 11 is 0. The topological polar surface area (TPSA) is 45.7 Å². The molecule has 1 saturated heterocycles. The minimum Gasteiger partial charge on any atom is -0.375 e. The standard InChI is InChI=1S/C14H21N3O2/c1-16(13-5-3-4-8-15-13)12-6-9-17(10-7-12)14(18)11-19-2/h3-5,8,12H,6-7,9-11H2,1-2H3. The van der Waals surface area contributed by atoms with Crippen molar-refractivity contribution < 1.29 is 9.53 Å². The van der Waals surface area contributed by atoms with Crippen LogP contribution in [0.25, 0.3) is 0 Å². The van der Waals surface area contributed by atoms with Crippen molar-refractivity contribution in [2.45, 2.75) is 18.9 Å². The van der Waals surface area contributed by atoms with Gasteiger partial charge in [-0.1, -0.05) is 6.07 Å². The molecule has 104 valence electrons. The molecular formula is C14H21N3O2. The number of rotatable bonds is 4. The van der Waals surface area contributed by atoms with Crippen LogP contribution in [0, 0.1) is 0 Å². The van der Waals surface area contributed by atoms with Crippen LogP contribution < -0.4 is 4.90 Å². The predicted octanol–water partition coefficient (Wildman–Crippen LogP) is 1.16. The number of carbonyl (C=O) groups is 1. The number of hydrogen-bond donors (Lipinski definition) is 0. The third-order valence-corrected chi connectivity index (χ3v) is 3.64. The smallest absolute Gasteiger partial charge is 0.248 e. The highest BCUT2D eigenvalue weighted by molar-refractivity contribution is 5.77. The molecule has 1 aliphatic rings. The van der Waals surface area contributed by atoms with Crippen LogP contribution in [0.4, 0.5) is 5.82 Å². The van der Waals surface area contributed by atoms with Crippen molar-refractivity contribution >= 4 is 11.7 Å². The Kier molecular flexibility index (Phi) is 4.74. The third kappa shape index (κ3) is 3.44. The molecule has 2 rings (SSSR count). The van der Waals surface area contributed by atoms with Crippen molar-refractivity contribution in [3.05, 3.63) is 24.4 Å². The molecule has 1 aromatic rings.